The Kier molecular flexibility index (Phi) is 4.31. The summed E-state index contributed by atoms with van der Waals surface area (Å²) in [5, 5.41) is 0. The molecule has 0 amide bonds. The Hall–Kier alpha value is -1.27. The minimum Gasteiger partial charge on any atom is -0.493 e. The van der Waals surface area contributed by atoms with Crippen LogP contribution in [0.4, 0.5) is 13.2 Å². The van der Waals surface area contributed by atoms with E-state index in [1.165, 1.54) is 0 Å². The zero-order valence-corrected chi connectivity index (χ0v) is 10.4. The molecule has 3 nitrogen and oxygen atoms in total. The van der Waals surface area contributed by atoms with E-state index in [9.17, 15) is 13.2 Å². The quantitative estimate of drug-likeness (QED) is 0.655. The summed E-state index contributed by atoms with van der Waals surface area (Å²) in [6, 6.07) is 6.71. The first-order chi connectivity index (χ1) is 8.99. The Morgan fingerprint density at radius 2 is 2.11 bits per heavy atom. The van der Waals surface area contributed by atoms with Gasteiger partial charge >= 0.3 is 6.18 Å². The van der Waals surface area contributed by atoms with Crippen LogP contribution in [0.2, 0.25) is 0 Å². The second-order valence-corrected chi connectivity index (χ2v) is 4.79. The summed E-state index contributed by atoms with van der Waals surface area (Å²) in [5.41, 5.74) is 3.24. The molecule has 0 saturated carbocycles. The molecule has 1 aromatic rings. The molecule has 19 heavy (non-hydrogen) atoms. The molecule has 0 aromatic heterocycles. The maximum absolute atomic E-state index is 12.4. The maximum Gasteiger partial charge on any atom is 0.390 e. The zero-order valence-electron chi connectivity index (χ0n) is 10.4. The van der Waals surface area contributed by atoms with Gasteiger partial charge in [0.1, 0.15) is 5.75 Å². The van der Waals surface area contributed by atoms with Crippen molar-refractivity contribution in [1.82, 2.24) is 5.43 Å². The monoisotopic (exact) mass is 274 g/mol. The van der Waals surface area contributed by atoms with Gasteiger partial charge in [-0.25, -0.2) is 0 Å². The average molecular weight is 274 g/mol. The Bertz CT molecular complexity index is 423. The molecule has 1 heterocycles. The van der Waals surface area contributed by atoms with Gasteiger partial charge in [0, 0.05) is 6.04 Å². The van der Waals surface area contributed by atoms with Crippen molar-refractivity contribution in [3.8, 4) is 5.75 Å². The molecule has 0 fully saturated rings. The molecule has 1 aliphatic rings. The fourth-order valence-electron chi connectivity index (χ4n) is 2.49. The number of nitrogens with two attached hydrogens (primary N) is 1. The van der Waals surface area contributed by atoms with Gasteiger partial charge in [0.15, 0.2) is 0 Å². The lowest BCUT2D eigenvalue weighted by molar-refractivity contribution is -0.140. The number of hydrazine groups is 1. The number of para-hydroxylation sites is 1. The second kappa shape index (κ2) is 5.79. The van der Waals surface area contributed by atoms with Crippen LogP contribution in [0.5, 0.6) is 5.75 Å². The van der Waals surface area contributed by atoms with Gasteiger partial charge in [0.05, 0.1) is 13.0 Å². The topological polar surface area (TPSA) is 47.3 Å². The molecule has 2 atom stereocenters. The van der Waals surface area contributed by atoms with Crippen molar-refractivity contribution in [3.63, 3.8) is 0 Å². The van der Waals surface area contributed by atoms with Gasteiger partial charge in [-0.15, -0.1) is 0 Å². The van der Waals surface area contributed by atoms with Crippen LogP contribution in [0.15, 0.2) is 24.3 Å². The van der Waals surface area contributed by atoms with Gasteiger partial charge in [0.2, 0.25) is 0 Å². The van der Waals surface area contributed by atoms with Crippen molar-refractivity contribution in [3.05, 3.63) is 29.8 Å². The van der Waals surface area contributed by atoms with E-state index in [0.717, 1.165) is 11.3 Å². The van der Waals surface area contributed by atoms with Gasteiger partial charge in [-0.2, -0.15) is 13.2 Å². The van der Waals surface area contributed by atoms with Crippen LogP contribution in [0, 0.1) is 0 Å². The van der Waals surface area contributed by atoms with Crippen molar-refractivity contribution < 1.29 is 17.9 Å². The van der Waals surface area contributed by atoms with Crippen LogP contribution < -0.4 is 16.0 Å². The molecule has 2 rings (SSSR count). The Morgan fingerprint density at radius 3 is 2.79 bits per heavy atom. The smallest absolute Gasteiger partial charge is 0.390 e. The summed E-state index contributed by atoms with van der Waals surface area (Å²) < 4.78 is 42.8. The maximum atomic E-state index is 12.4. The third-order valence-electron chi connectivity index (χ3n) is 3.37. The van der Waals surface area contributed by atoms with Crippen LogP contribution in [-0.4, -0.2) is 18.8 Å². The molecule has 0 radical (unpaired) electrons. The van der Waals surface area contributed by atoms with Crippen molar-refractivity contribution >= 4 is 0 Å². The highest BCUT2D eigenvalue weighted by molar-refractivity contribution is 5.37. The Balaban J connectivity index is 2.07. The fraction of sp³-hybridized carbons (Fsp3) is 0.538. The second-order valence-electron chi connectivity index (χ2n) is 4.79. The van der Waals surface area contributed by atoms with Gasteiger partial charge in [-0.05, 0) is 30.4 Å². The van der Waals surface area contributed by atoms with Crippen LogP contribution in [-0.2, 0) is 0 Å². The highest BCUT2D eigenvalue weighted by atomic mass is 19.4. The number of nitrogens with one attached hydrogen (secondary N) is 1. The molecular weight excluding hydrogens is 257 g/mol. The molecule has 0 saturated heterocycles. The normalized spacial score (nSPS) is 20.5. The Labute approximate surface area is 109 Å². The molecule has 6 heteroatoms. The molecule has 2 unspecified atom stereocenters. The third-order valence-corrected chi connectivity index (χ3v) is 3.37. The summed E-state index contributed by atoms with van der Waals surface area (Å²) in [6.07, 6.45) is -4.05. The molecule has 1 aromatic carbocycles. The molecule has 1 aliphatic heterocycles. The number of benzene rings is 1. The number of hydrogen-bond acceptors (Lipinski definition) is 3. The van der Waals surface area contributed by atoms with Gasteiger partial charge in [0.25, 0.3) is 0 Å². The Morgan fingerprint density at radius 1 is 1.37 bits per heavy atom. The molecular formula is C13H17F3N2O. The first kappa shape index (κ1) is 14.1. The highest BCUT2D eigenvalue weighted by Gasteiger charge is 2.33. The summed E-state index contributed by atoms with van der Waals surface area (Å²) in [6.45, 7) is 0.533. The van der Waals surface area contributed by atoms with Crippen LogP contribution in [0.25, 0.3) is 0 Å². The average Bonchev–Trinajstić information content (AvgIpc) is 2.37. The van der Waals surface area contributed by atoms with E-state index >= 15 is 0 Å². The van der Waals surface area contributed by atoms with E-state index in [1.807, 2.05) is 24.3 Å². The highest BCUT2D eigenvalue weighted by Crippen LogP contribution is 2.37. The van der Waals surface area contributed by atoms with Crippen LogP contribution in [0.1, 0.15) is 30.7 Å². The van der Waals surface area contributed by atoms with Crippen molar-refractivity contribution in [2.24, 2.45) is 5.84 Å². The van der Waals surface area contributed by atoms with E-state index in [1.54, 1.807) is 0 Å². The number of ether oxygens (including phenoxy) is 1. The number of alkyl halides is 3. The lowest BCUT2D eigenvalue weighted by Gasteiger charge is -2.29. The number of hydrogen-bond donors (Lipinski definition) is 2. The molecule has 106 valence electrons. The lowest BCUT2D eigenvalue weighted by atomic mass is 9.87. The van der Waals surface area contributed by atoms with E-state index in [-0.39, 0.29) is 5.92 Å². The van der Waals surface area contributed by atoms with Crippen molar-refractivity contribution in [2.75, 3.05) is 6.61 Å². The third kappa shape index (κ3) is 3.84. The zero-order chi connectivity index (χ0) is 13.9. The van der Waals surface area contributed by atoms with E-state index in [4.69, 9.17) is 10.6 Å². The molecule has 0 spiro atoms. The van der Waals surface area contributed by atoms with Crippen LogP contribution >= 0.6 is 0 Å². The van der Waals surface area contributed by atoms with Crippen molar-refractivity contribution in [1.29, 1.82) is 0 Å². The summed E-state index contributed by atoms with van der Waals surface area (Å²) >= 11 is 0. The molecule has 0 bridgehead atoms. The number of halogens is 3. The van der Waals surface area contributed by atoms with Crippen LogP contribution in [0.3, 0.4) is 0 Å². The first-order valence-corrected chi connectivity index (χ1v) is 6.24. The predicted octanol–water partition coefficient (Wildman–Crippen LogP) is 2.73. The van der Waals surface area contributed by atoms with Gasteiger partial charge in [-0.3, -0.25) is 11.3 Å². The largest absolute Gasteiger partial charge is 0.493 e. The van der Waals surface area contributed by atoms with E-state index in [0.29, 0.717) is 19.4 Å². The fourth-order valence-corrected chi connectivity index (χ4v) is 2.49. The van der Waals surface area contributed by atoms with Gasteiger partial charge < -0.3 is 4.74 Å². The molecule has 3 N–H and O–H groups in total. The predicted molar refractivity (Wildman–Crippen MR) is 65.7 cm³/mol. The first-order valence-electron chi connectivity index (χ1n) is 6.24. The van der Waals surface area contributed by atoms with Crippen molar-refractivity contribution in [2.45, 2.75) is 37.4 Å². The molecule has 0 aliphatic carbocycles. The summed E-state index contributed by atoms with van der Waals surface area (Å²) in [4.78, 5) is 0. The van der Waals surface area contributed by atoms with E-state index < -0.39 is 18.6 Å². The number of fused-ring (bicyclic) bond motifs is 1. The number of rotatable bonds is 4. The summed E-state index contributed by atoms with van der Waals surface area (Å²) in [5.74, 6) is 6.05. The minimum absolute atomic E-state index is 0.0494. The summed E-state index contributed by atoms with van der Waals surface area (Å²) in [7, 11) is 0. The lowest BCUT2D eigenvalue weighted by Crippen LogP contribution is -2.40. The SMILES string of the molecule is NNC(CC1CCOc2ccccc21)CC(F)(F)F. The van der Waals surface area contributed by atoms with Gasteiger partial charge in [-0.1, -0.05) is 18.2 Å². The standard InChI is InChI=1S/C13H17F3N2O/c14-13(15,16)8-10(18-17)7-9-5-6-19-12-4-2-1-3-11(9)12/h1-4,9-10,18H,5-8,17H2. The minimum atomic E-state index is -4.21. The van der Waals surface area contributed by atoms with E-state index in [2.05, 4.69) is 5.43 Å².